The Kier molecular flexibility index (Phi) is 2.36. The van der Waals surface area contributed by atoms with Crippen molar-refractivity contribution in [2.24, 2.45) is 5.92 Å². The van der Waals surface area contributed by atoms with Crippen molar-refractivity contribution in [2.75, 3.05) is 0 Å². The van der Waals surface area contributed by atoms with Crippen molar-refractivity contribution in [1.82, 2.24) is 0 Å². The van der Waals surface area contributed by atoms with Gasteiger partial charge in [0.15, 0.2) is 0 Å². The lowest BCUT2D eigenvalue weighted by Crippen LogP contribution is -2.11. The summed E-state index contributed by atoms with van der Waals surface area (Å²) in [6.07, 6.45) is 2.51. The lowest BCUT2D eigenvalue weighted by Gasteiger charge is -2.09. The average molecular weight is 149 g/mol. The molecule has 54 valence electrons. The van der Waals surface area contributed by atoms with Gasteiger partial charge >= 0.3 is 0 Å². The maximum atomic E-state index is 5.76. The predicted octanol–water partition coefficient (Wildman–Crippen LogP) is 2.39. The largest absolute Gasteiger partial charge is 0.359 e. The monoisotopic (exact) mass is 148 g/mol. The van der Waals surface area contributed by atoms with Crippen molar-refractivity contribution in [3.05, 3.63) is 0 Å². The molecule has 2 heteroatoms. The molecule has 1 nitrogen and oxygen atoms in total. The number of rotatable bonds is 1. The Bertz CT molecular complexity index is 94.9. The van der Waals surface area contributed by atoms with E-state index in [2.05, 4.69) is 13.8 Å². The molecule has 1 aliphatic rings. The fraction of sp³-hybridized carbons (Fsp3) is 1.00. The van der Waals surface area contributed by atoms with E-state index in [0.29, 0.717) is 12.0 Å². The van der Waals surface area contributed by atoms with E-state index in [1.165, 1.54) is 0 Å². The van der Waals surface area contributed by atoms with Gasteiger partial charge in [0.1, 0.15) is 5.56 Å². The molecule has 0 aromatic rings. The first kappa shape index (κ1) is 7.36. The Morgan fingerprint density at radius 1 is 1.67 bits per heavy atom. The number of hydrogen-bond acceptors (Lipinski definition) is 1. The summed E-state index contributed by atoms with van der Waals surface area (Å²) in [7, 11) is 0. The van der Waals surface area contributed by atoms with Crippen molar-refractivity contribution >= 4 is 11.6 Å². The molecule has 1 rings (SSSR count). The van der Waals surface area contributed by atoms with Crippen molar-refractivity contribution in [3.8, 4) is 0 Å². The third kappa shape index (κ3) is 1.59. The summed E-state index contributed by atoms with van der Waals surface area (Å²) in [6.45, 7) is 4.33. The molecule has 0 bridgehead atoms. The summed E-state index contributed by atoms with van der Waals surface area (Å²) in [5.74, 6) is 0.650. The molecule has 0 aliphatic carbocycles. The Morgan fingerprint density at radius 2 is 2.33 bits per heavy atom. The molecule has 0 N–H and O–H groups in total. The SMILES string of the molecule is CCC1OC(Cl)CC1C. The van der Waals surface area contributed by atoms with Crippen LogP contribution in [0, 0.1) is 5.92 Å². The molecule has 0 aromatic heterocycles. The first-order chi connectivity index (χ1) is 4.24. The van der Waals surface area contributed by atoms with Crippen LogP contribution in [-0.4, -0.2) is 11.7 Å². The van der Waals surface area contributed by atoms with Crippen LogP contribution < -0.4 is 0 Å². The second-order valence-electron chi connectivity index (χ2n) is 2.71. The zero-order valence-corrected chi connectivity index (χ0v) is 6.69. The van der Waals surface area contributed by atoms with Gasteiger partial charge in [-0.15, -0.1) is 0 Å². The van der Waals surface area contributed by atoms with Gasteiger partial charge in [0.25, 0.3) is 0 Å². The van der Waals surface area contributed by atoms with Crippen LogP contribution in [-0.2, 0) is 4.74 Å². The van der Waals surface area contributed by atoms with E-state index >= 15 is 0 Å². The number of hydrogen-bond donors (Lipinski definition) is 0. The van der Waals surface area contributed by atoms with Gasteiger partial charge in [-0.05, 0) is 18.8 Å². The lowest BCUT2D eigenvalue weighted by molar-refractivity contribution is 0.0721. The van der Waals surface area contributed by atoms with Crippen LogP contribution in [0.25, 0.3) is 0 Å². The standard InChI is InChI=1S/C7H13ClO/c1-3-6-5(2)4-7(8)9-6/h5-7H,3-4H2,1-2H3. The van der Waals surface area contributed by atoms with Gasteiger partial charge in [0.2, 0.25) is 0 Å². The van der Waals surface area contributed by atoms with E-state index in [4.69, 9.17) is 16.3 Å². The second kappa shape index (κ2) is 2.89. The highest BCUT2D eigenvalue weighted by Gasteiger charge is 2.28. The third-order valence-electron chi connectivity index (χ3n) is 1.92. The molecule has 1 heterocycles. The highest BCUT2D eigenvalue weighted by molar-refractivity contribution is 6.19. The lowest BCUT2D eigenvalue weighted by atomic mass is 10.0. The molecule has 0 amide bonds. The Hall–Kier alpha value is 0.250. The molecular weight excluding hydrogens is 136 g/mol. The minimum absolute atomic E-state index is 0.0232. The van der Waals surface area contributed by atoms with Crippen LogP contribution in [0.4, 0.5) is 0 Å². The molecular formula is C7H13ClO. The van der Waals surface area contributed by atoms with Gasteiger partial charge in [-0.2, -0.15) is 0 Å². The molecule has 1 aliphatic heterocycles. The van der Waals surface area contributed by atoms with Gasteiger partial charge in [0.05, 0.1) is 6.10 Å². The van der Waals surface area contributed by atoms with E-state index in [0.717, 1.165) is 12.8 Å². The highest BCUT2D eigenvalue weighted by Crippen LogP contribution is 2.29. The molecule has 1 fully saturated rings. The van der Waals surface area contributed by atoms with Gasteiger partial charge in [0, 0.05) is 0 Å². The molecule has 0 spiro atoms. The summed E-state index contributed by atoms with van der Waals surface area (Å²) >= 11 is 5.76. The smallest absolute Gasteiger partial charge is 0.131 e. The highest BCUT2D eigenvalue weighted by atomic mass is 35.5. The summed E-state index contributed by atoms with van der Waals surface area (Å²) in [4.78, 5) is 0. The van der Waals surface area contributed by atoms with Crippen molar-refractivity contribution < 1.29 is 4.74 Å². The summed E-state index contributed by atoms with van der Waals surface area (Å²) in [5, 5.41) is 0. The summed E-state index contributed by atoms with van der Waals surface area (Å²) in [5.41, 5.74) is -0.0232. The fourth-order valence-corrected chi connectivity index (χ4v) is 1.74. The van der Waals surface area contributed by atoms with Crippen molar-refractivity contribution in [3.63, 3.8) is 0 Å². The van der Waals surface area contributed by atoms with E-state index in [9.17, 15) is 0 Å². The minimum Gasteiger partial charge on any atom is -0.359 e. The van der Waals surface area contributed by atoms with E-state index in [1.54, 1.807) is 0 Å². The topological polar surface area (TPSA) is 9.23 Å². The van der Waals surface area contributed by atoms with Gasteiger partial charge in [-0.1, -0.05) is 25.4 Å². The van der Waals surface area contributed by atoms with Crippen LogP contribution in [0.15, 0.2) is 0 Å². The van der Waals surface area contributed by atoms with Gasteiger partial charge in [-0.25, -0.2) is 0 Å². The Morgan fingerprint density at radius 3 is 2.56 bits per heavy atom. The Labute approximate surface area is 61.3 Å². The molecule has 3 atom stereocenters. The number of alkyl halides is 1. The first-order valence-corrected chi connectivity index (χ1v) is 3.97. The first-order valence-electron chi connectivity index (χ1n) is 3.53. The third-order valence-corrected chi connectivity index (χ3v) is 2.20. The number of ether oxygens (including phenoxy) is 1. The van der Waals surface area contributed by atoms with Crippen LogP contribution in [0.2, 0.25) is 0 Å². The van der Waals surface area contributed by atoms with Crippen LogP contribution in [0.1, 0.15) is 26.7 Å². The molecule has 0 aromatic carbocycles. The van der Waals surface area contributed by atoms with Crippen LogP contribution in [0.5, 0.6) is 0 Å². The van der Waals surface area contributed by atoms with E-state index in [-0.39, 0.29) is 5.56 Å². The van der Waals surface area contributed by atoms with Gasteiger partial charge < -0.3 is 4.74 Å². The summed E-state index contributed by atoms with van der Waals surface area (Å²) < 4.78 is 5.39. The molecule has 3 unspecified atom stereocenters. The van der Waals surface area contributed by atoms with E-state index in [1.807, 2.05) is 0 Å². The minimum atomic E-state index is -0.0232. The van der Waals surface area contributed by atoms with Crippen molar-refractivity contribution in [2.45, 2.75) is 38.4 Å². The summed E-state index contributed by atoms with van der Waals surface area (Å²) in [6, 6.07) is 0. The maximum absolute atomic E-state index is 5.76. The Balaban J connectivity index is 2.38. The molecule has 1 saturated heterocycles. The molecule has 0 radical (unpaired) electrons. The zero-order chi connectivity index (χ0) is 6.85. The second-order valence-corrected chi connectivity index (χ2v) is 3.19. The maximum Gasteiger partial charge on any atom is 0.131 e. The van der Waals surface area contributed by atoms with Crippen molar-refractivity contribution in [1.29, 1.82) is 0 Å². The quantitative estimate of drug-likeness (QED) is 0.519. The normalized spacial score (nSPS) is 43.7. The zero-order valence-electron chi connectivity index (χ0n) is 5.93. The van der Waals surface area contributed by atoms with Gasteiger partial charge in [-0.3, -0.25) is 0 Å². The van der Waals surface area contributed by atoms with E-state index < -0.39 is 0 Å². The number of halogens is 1. The van der Waals surface area contributed by atoms with Crippen LogP contribution >= 0.6 is 11.6 Å². The molecule has 0 saturated carbocycles. The molecule has 9 heavy (non-hydrogen) atoms. The fourth-order valence-electron chi connectivity index (χ4n) is 1.32. The average Bonchev–Trinajstić information content (AvgIpc) is 2.10. The predicted molar refractivity (Wildman–Crippen MR) is 38.6 cm³/mol. The van der Waals surface area contributed by atoms with Crippen LogP contribution in [0.3, 0.4) is 0 Å².